The minimum atomic E-state index is -0.442. The van der Waals surface area contributed by atoms with Crippen LogP contribution in [0.5, 0.6) is 0 Å². The number of aromatic nitrogens is 2. The van der Waals surface area contributed by atoms with Gasteiger partial charge < -0.3 is 10.6 Å². The average molecular weight is 404 g/mol. The number of fused-ring (bicyclic) bond motifs is 1. The van der Waals surface area contributed by atoms with Gasteiger partial charge in [0.15, 0.2) is 6.29 Å². The first-order chi connectivity index (χ1) is 14.6. The van der Waals surface area contributed by atoms with Gasteiger partial charge in [-0.15, -0.1) is 0 Å². The molecule has 3 N–H and O–H groups in total. The Bertz CT molecular complexity index is 1040. The number of amides is 1. The van der Waals surface area contributed by atoms with Crippen molar-refractivity contribution in [2.75, 3.05) is 5.32 Å². The molecule has 1 aliphatic heterocycles. The fourth-order valence-electron chi connectivity index (χ4n) is 4.16. The normalized spacial score (nSPS) is 21.4. The minimum absolute atomic E-state index is 0.0482. The minimum Gasteiger partial charge on any atom is -0.323 e. The lowest BCUT2D eigenvalue weighted by molar-refractivity contribution is -0.129. The Hall–Kier alpha value is -2.99. The number of hydrogen-bond donors (Lipinski definition) is 3. The molecule has 6 nitrogen and oxygen atoms in total. The Morgan fingerprint density at radius 1 is 1.07 bits per heavy atom. The van der Waals surface area contributed by atoms with E-state index in [9.17, 15) is 4.79 Å². The number of aryl methyl sites for hydroxylation is 2. The molecule has 0 radical (unpaired) electrons. The van der Waals surface area contributed by atoms with E-state index in [1.165, 1.54) is 5.56 Å². The van der Waals surface area contributed by atoms with Crippen molar-refractivity contribution in [1.29, 1.82) is 0 Å². The van der Waals surface area contributed by atoms with E-state index in [0.717, 1.165) is 41.4 Å². The Morgan fingerprint density at radius 3 is 2.60 bits per heavy atom. The summed E-state index contributed by atoms with van der Waals surface area (Å²) in [6.07, 6.45) is 2.32. The van der Waals surface area contributed by atoms with Crippen molar-refractivity contribution in [2.45, 2.75) is 52.4 Å². The molecule has 6 heteroatoms. The molecule has 0 aliphatic carbocycles. The van der Waals surface area contributed by atoms with Gasteiger partial charge in [-0.1, -0.05) is 56.7 Å². The summed E-state index contributed by atoms with van der Waals surface area (Å²) < 4.78 is 0. The predicted molar refractivity (Wildman–Crippen MR) is 120 cm³/mol. The maximum absolute atomic E-state index is 12.9. The molecule has 3 atom stereocenters. The number of nitrogens with one attached hydrogen (secondary N) is 3. The van der Waals surface area contributed by atoms with Gasteiger partial charge in [0.05, 0.1) is 17.1 Å². The largest absolute Gasteiger partial charge is 0.323 e. The molecule has 2 aromatic carbocycles. The molecule has 0 bridgehead atoms. The molecule has 0 saturated carbocycles. The second kappa shape index (κ2) is 8.79. The highest BCUT2D eigenvalue weighted by atomic mass is 16.2. The van der Waals surface area contributed by atoms with Gasteiger partial charge >= 0.3 is 0 Å². The molecule has 1 aliphatic rings. The molecule has 1 saturated heterocycles. The van der Waals surface area contributed by atoms with Crippen molar-refractivity contribution in [3.63, 3.8) is 0 Å². The van der Waals surface area contributed by atoms with Crippen molar-refractivity contribution in [2.24, 2.45) is 5.92 Å². The first-order valence-electron chi connectivity index (χ1n) is 10.7. The van der Waals surface area contributed by atoms with Gasteiger partial charge in [0, 0.05) is 11.4 Å². The molecule has 3 unspecified atom stereocenters. The first kappa shape index (κ1) is 20.3. The van der Waals surface area contributed by atoms with E-state index in [4.69, 9.17) is 0 Å². The quantitative estimate of drug-likeness (QED) is 0.578. The topological polar surface area (TPSA) is 78.9 Å². The summed E-state index contributed by atoms with van der Waals surface area (Å²) in [5, 5.41) is 10.9. The van der Waals surface area contributed by atoms with Gasteiger partial charge in [0.1, 0.15) is 0 Å². The molecule has 1 amide bonds. The van der Waals surface area contributed by atoms with Crippen LogP contribution in [-0.2, 0) is 11.2 Å². The van der Waals surface area contributed by atoms with E-state index >= 15 is 0 Å². The van der Waals surface area contributed by atoms with Crippen LogP contribution < -0.4 is 16.0 Å². The van der Waals surface area contributed by atoms with Gasteiger partial charge in [-0.25, -0.2) is 9.97 Å². The summed E-state index contributed by atoms with van der Waals surface area (Å²) in [5.74, 6) is 0.442. The number of anilines is 1. The third-order valence-corrected chi connectivity index (χ3v) is 5.76. The van der Waals surface area contributed by atoms with Crippen LogP contribution in [0.4, 0.5) is 5.95 Å². The van der Waals surface area contributed by atoms with E-state index < -0.39 is 6.29 Å². The van der Waals surface area contributed by atoms with Gasteiger partial charge in [0.2, 0.25) is 11.9 Å². The predicted octanol–water partition coefficient (Wildman–Crippen LogP) is 4.07. The Labute approximate surface area is 177 Å². The summed E-state index contributed by atoms with van der Waals surface area (Å²) in [4.78, 5) is 22.2. The lowest BCUT2D eigenvalue weighted by Gasteiger charge is -2.38. The number of hydrogen-bond acceptors (Lipinski definition) is 5. The summed E-state index contributed by atoms with van der Waals surface area (Å²) in [5.41, 5.74) is 4.19. The van der Waals surface area contributed by atoms with Crippen molar-refractivity contribution in [1.82, 2.24) is 20.6 Å². The molecular weight excluding hydrogens is 374 g/mol. The van der Waals surface area contributed by atoms with E-state index in [1.54, 1.807) is 0 Å². The zero-order valence-corrected chi connectivity index (χ0v) is 17.8. The van der Waals surface area contributed by atoms with E-state index in [2.05, 4.69) is 64.0 Å². The number of carbonyl (C=O) groups excluding carboxylic acids is 1. The smallest absolute Gasteiger partial charge is 0.227 e. The van der Waals surface area contributed by atoms with Crippen LogP contribution in [-0.4, -0.2) is 22.2 Å². The highest BCUT2D eigenvalue weighted by molar-refractivity contribution is 5.83. The number of benzene rings is 2. The van der Waals surface area contributed by atoms with Crippen LogP contribution in [0.15, 0.2) is 48.5 Å². The van der Waals surface area contributed by atoms with Gasteiger partial charge in [-0.2, -0.15) is 0 Å². The number of nitrogens with zero attached hydrogens (tertiary/aromatic N) is 2. The molecule has 156 valence electrons. The van der Waals surface area contributed by atoms with E-state index in [1.807, 2.05) is 31.2 Å². The molecule has 4 rings (SSSR count). The second-order valence-corrected chi connectivity index (χ2v) is 7.87. The van der Waals surface area contributed by atoms with E-state index in [-0.39, 0.29) is 17.9 Å². The standard InChI is InChI=1S/C24H29N5O/c1-4-9-18-21(17-10-7-6-8-11-17)27-24(28-22(18)30)29-23-25-15(3)19-14-16(5-2)12-13-20(19)26-23/h6-8,10-14,18,21,24,27H,4-5,9H2,1-3H3,(H,28,30)(H,25,26,29). The van der Waals surface area contributed by atoms with Crippen molar-refractivity contribution < 1.29 is 4.79 Å². The van der Waals surface area contributed by atoms with Gasteiger partial charge in [0.25, 0.3) is 0 Å². The fraction of sp³-hybridized carbons (Fsp3) is 0.375. The molecule has 1 aromatic heterocycles. The Balaban J connectivity index is 1.59. The van der Waals surface area contributed by atoms with Crippen LogP contribution in [0.3, 0.4) is 0 Å². The SMILES string of the molecule is CCCC1C(=O)NC(Nc2nc(C)c3cc(CC)ccc3n2)NC1c1ccccc1. The third-order valence-electron chi connectivity index (χ3n) is 5.76. The fourth-order valence-corrected chi connectivity index (χ4v) is 4.16. The van der Waals surface area contributed by atoms with Gasteiger partial charge in [-0.05, 0) is 43.0 Å². The maximum atomic E-state index is 12.9. The maximum Gasteiger partial charge on any atom is 0.227 e. The summed E-state index contributed by atoms with van der Waals surface area (Å²) in [6.45, 7) is 6.24. The van der Waals surface area contributed by atoms with Crippen LogP contribution in [0, 0.1) is 12.8 Å². The lowest BCUT2D eigenvalue weighted by Crippen LogP contribution is -2.60. The zero-order chi connectivity index (χ0) is 21.1. The number of rotatable bonds is 6. The third kappa shape index (κ3) is 4.14. The summed E-state index contributed by atoms with van der Waals surface area (Å²) >= 11 is 0. The molecule has 2 heterocycles. The lowest BCUT2D eigenvalue weighted by atomic mass is 9.87. The highest BCUT2D eigenvalue weighted by Gasteiger charge is 2.36. The summed E-state index contributed by atoms with van der Waals surface area (Å²) in [6, 6.07) is 16.4. The molecule has 0 spiro atoms. The Morgan fingerprint density at radius 2 is 1.87 bits per heavy atom. The van der Waals surface area contributed by atoms with Crippen molar-refractivity contribution >= 4 is 22.8 Å². The van der Waals surface area contributed by atoms with Gasteiger partial charge in [-0.3, -0.25) is 10.1 Å². The van der Waals surface area contributed by atoms with Crippen LogP contribution in [0.2, 0.25) is 0 Å². The van der Waals surface area contributed by atoms with Crippen molar-refractivity contribution in [3.05, 3.63) is 65.4 Å². The van der Waals surface area contributed by atoms with Crippen LogP contribution in [0.1, 0.15) is 49.6 Å². The van der Waals surface area contributed by atoms with Crippen LogP contribution >= 0.6 is 0 Å². The molecule has 3 aromatic rings. The van der Waals surface area contributed by atoms with E-state index in [0.29, 0.717) is 5.95 Å². The molecule has 1 fully saturated rings. The first-order valence-corrected chi connectivity index (χ1v) is 10.7. The Kier molecular flexibility index (Phi) is 5.95. The van der Waals surface area contributed by atoms with Crippen molar-refractivity contribution in [3.8, 4) is 0 Å². The summed E-state index contributed by atoms with van der Waals surface area (Å²) in [7, 11) is 0. The molecular formula is C24H29N5O. The highest BCUT2D eigenvalue weighted by Crippen LogP contribution is 2.29. The average Bonchev–Trinajstić information content (AvgIpc) is 2.76. The second-order valence-electron chi connectivity index (χ2n) is 7.87. The van der Waals surface area contributed by atoms with Crippen LogP contribution in [0.25, 0.3) is 10.9 Å². The molecule has 30 heavy (non-hydrogen) atoms. The monoisotopic (exact) mass is 403 g/mol. The zero-order valence-electron chi connectivity index (χ0n) is 17.8. The number of carbonyl (C=O) groups is 1.